The monoisotopic (exact) mass is 184 g/mol. The molecule has 2 heteroatoms. The lowest BCUT2D eigenvalue weighted by atomic mass is 9.66. The lowest BCUT2D eigenvalue weighted by Gasteiger charge is -2.39. The van der Waals surface area contributed by atoms with Crippen LogP contribution in [-0.4, -0.2) is 11.1 Å². The van der Waals surface area contributed by atoms with E-state index in [9.17, 15) is 4.79 Å². The molecule has 1 aliphatic carbocycles. The molecule has 0 spiro atoms. The van der Waals surface area contributed by atoms with Crippen molar-refractivity contribution in [3.05, 3.63) is 0 Å². The minimum atomic E-state index is -0.649. The fourth-order valence-electron chi connectivity index (χ4n) is 2.47. The van der Waals surface area contributed by atoms with Gasteiger partial charge in [-0.3, -0.25) is 4.79 Å². The lowest BCUT2D eigenvalue weighted by Crippen LogP contribution is -2.31. The largest absolute Gasteiger partial charge is 0.481 e. The molecule has 1 unspecified atom stereocenters. The van der Waals surface area contributed by atoms with E-state index in [1.165, 1.54) is 6.42 Å². The highest BCUT2D eigenvalue weighted by atomic mass is 16.4. The maximum Gasteiger partial charge on any atom is 0.303 e. The summed E-state index contributed by atoms with van der Waals surface area (Å²) < 4.78 is 0. The van der Waals surface area contributed by atoms with E-state index in [0.29, 0.717) is 12.3 Å². The van der Waals surface area contributed by atoms with E-state index < -0.39 is 5.97 Å². The average molecular weight is 184 g/mol. The number of hydrogen-bond donors (Lipinski definition) is 1. The van der Waals surface area contributed by atoms with E-state index in [-0.39, 0.29) is 5.41 Å². The van der Waals surface area contributed by atoms with E-state index in [1.54, 1.807) is 0 Å². The van der Waals surface area contributed by atoms with E-state index >= 15 is 0 Å². The van der Waals surface area contributed by atoms with Gasteiger partial charge in [-0.1, -0.05) is 20.8 Å². The van der Waals surface area contributed by atoms with Crippen molar-refractivity contribution in [3.8, 4) is 0 Å². The van der Waals surface area contributed by atoms with Gasteiger partial charge in [0.2, 0.25) is 0 Å². The second-order valence-corrected chi connectivity index (χ2v) is 5.08. The first-order chi connectivity index (χ1) is 5.93. The molecular weight excluding hydrogens is 164 g/mol. The molecule has 1 N–H and O–H groups in total. The predicted octanol–water partition coefficient (Wildman–Crippen LogP) is 2.92. The van der Waals surface area contributed by atoms with Gasteiger partial charge in [0.15, 0.2) is 0 Å². The van der Waals surface area contributed by atoms with Crippen molar-refractivity contribution in [2.45, 2.75) is 46.5 Å². The number of hydrogen-bond acceptors (Lipinski definition) is 1. The number of carboxylic acid groups (broad SMARTS) is 1. The number of carbonyl (C=O) groups is 1. The molecular formula is C11H20O2. The van der Waals surface area contributed by atoms with Crippen LogP contribution in [0.25, 0.3) is 0 Å². The first kappa shape index (κ1) is 10.6. The molecule has 76 valence electrons. The molecule has 13 heavy (non-hydrogen) atoms. The number of carboxylic acids is 1. The summed E-state index contributed by atoms with van der Waals surface area (Å²) in [7, 11) is 0. The first-order valence-corrected chi connectivity index (χ1v) is 5.15. The summed E-state index contributed by atoms with van der Waals surface area (Å²) in [5.41, 5.74) is 0.0533. The van der Waals surface area contributed by atoms with Gasteiger partial charge in [0.05, 0.1) is 6.42 Å². The van der Waals surface area contributed by atoms with E-state index in [0.717, 1.165) is 18.8 Å². The fourth-order valence-corrected chi connectivity index (χ4v) is 2.47. The molecule has 0 aliphatic heterocycles. The predicted molar refractivity (Wildman–Crippen MR) is 52.5 cm³/mol. The summed E-state index contributed by atoms with van der Waals surface area (Å²) in [6.45, 7) is 6.62. The Labute approximate surface area is 80.3 Å². The van der Waals surface area contributed by atoms with Gasteiger partial charge in [0, 0.05) is 0 Å². The number of rotatable bonds is 2. The lowest BCUT2D eigenvalue weighted by molar-refractivity contribution is -0.140. The summed E-state index contributed by atoms with van der Waals surface area (Å²) in [4.78, 5) is 10.7. The normalized spacial score (nSPS) is 40.2. The fraction of sp³-hybridized carbons (Fsp3) is 0.909. The second kappa shape index (κ2) is 3.69. The summed E-state index contributed by atoms with van der Waals surface area (Å²) in [5, 5.41) is 8.78. The van der Waals surface area contributed by atoms with Gasteiger partial charge in [-0.15, -0.1) is 0 Å². The van der Waals surface area contributed by atoms with Crippen LogP contribution in [0.5, 0.6) is 0 Å². The van der Waals surface area contributed by atoms with Gasteiger partial charge in [0.1, 0.15) is 0 Å². The zero-order valence-electron chi connectivity index (χ0n) is 8.84. The Balaban J connectivity index is 2.56. The maximum atomic E-state index is 10.7. The van der Waals surface area contributed by atoms with Crippen LogP contribution in [0.15, 0.2) is 0 Å². The Morgan fingerprint density at radius 2 is 2.08 bits per heavy atom. The Bertz CT molecular complexity index is 200. The first-order valence-electron chi connectivity index (χ1n) is 5.15. The van der Waals surface area contributed by atoms with E-state index in [2.05, 4.69) is 20.8 Å². The second-order valence-electron chi connectivity index (χ2n) is 5.08. The van der Waals surface area contributed by atoms with Crippen molar-refractivity contribution in [2.75, 3.05) is 0 Å². The Morgan fingerprint density at radius 3 is 2.54 bits per heavy atom. The molecule has 0 bridgehead atoms. The SMILES string of the molecule is CC1CC[C@@](C)(CC(=O)O)C[C@@H]1C. The smallest absolute Gasteiger partial charge is 0.303 e. The molecule has 0 radical (unpaired) electrons. The molecule has 0 aromatic rings. The van der Waals surface area contributed by atoms with E-state index in [4.69, 9.17) is 5.11 Å². The average Bonchev–Trinajstić information content (AvgIpc) is 1.96. The number of aliphatic carboxylic acids is 1. The van der Waals surface area contributed by atoms with Crippen LogP contribution in [0, 0.1) is 17.3 Å². The third-order valence-electron chi connectivity index (χ3n) is 3.57. The highest BCUT2D eigenvalue weighted by Crippen LogP contribution is 2.43. The van der Waals surface area contributed by atoms with Crippen molar-refractivity contribution in [2.24, 2.45) is 17.3 Å². The topological polar surface area (TPSA) is 37.3 Å². The van der Waals surface area contributed by atoms with Crippen LogP contribution in [0.4, 0.5) is 0 Å². The molecule has 1 saturated carbocycles. The van der Waals surface area contributed by atoms with Crippen LogP contribution in [-0.2, 0) is 4.79 Å². The van der Waals surface area contributed by atoms with E-state index in [1.807, 2.05) is 0 Å². The van der Waals surface area contributed by atoms with Crippen molar-refractivity contribution in [1.29, 1.82) is 0 Å². The Hall–Kier alpha value is -0.530. The Morgan fingerprint density at radius 1 is 1.46 bits per heavy atom. The van der Waals surface area contributed by atoms with Crippen molar-refractivity contribution in [3.63, 3.8) is 0 Å². The summed E-state index contributed by atoms with van der Waals surface area (Å²) in [6, 6.07) is 0. The van der Waals surface area contributed by atoms with Crippen LogP contribution in [0.1, 0.15) is 46.5 Å². The summed E-state index contributed by atoms with van der Waals surface area (Å²) in [6.07, 6.45) is 3.67. The minimum absolute atomic E-state index is 0.0533. The minimum Gasteiger partial charge on any atom is -0.481 e. The highest BCUT2D eigenvalue weighted by molar-refractivity contribution is 5.67. The van der Waals surface area contributed by atoms with Gasteiger partial charge < -0.3 is 5.11 Å². The molecule has 0 heterocycles. The summed E-state index contributed by atoms with van der Waals surface area (Å²) in [5.74, 6) is 0.796. The highest BCUT2D eigenvalue weighted by Gasteiger charge is 2.35. The van der Waals surface area contributed by atoms with Gasteiger partial charge in [0.25, 0.3) is 0 Å². The van der Waals surface area contributed by atoms with Gasteiger partial charge >= 0.3 is 5.97 Å². The molecule has 1 rings (SSSR count). The molecule has 0 aromatic heterocycles. The Kier molecular flexibility index (Phi) is 2.99. The van der Waals surface area contributed by atoms with Gasteiger partial charge in [-0.25, -0.2) is 0 Å². The van der Waals surface area contributed by atoms with Crippen molar-refractivity contribution < 1.29 is 9.90 Å². The van der Waals surface area contributed by atoms with Crippen LogP contribution in [0.2, 0.25) is 0 Å². The van der Waals surface area contributed by atoms with Gasteiger partial charge in [-0.05, 0) is 36.5 Å². The van der Waals surface area contributed by atoms with Crippen LogP contribution >= 0.6 is 0 Å². The van der Waals surface area contributed by atoms with Crippen LogP contribution < -0.4 is 0 Å². The maximum absolute atomic E-state index is 10.7. The van der Waals surface area contributed by atoms with Crippen molar-refractivity contribution in [1.82, 2.24) is 0 Å². The van der Waals surface area contributed by atoms with Crippen molar-refractivity contribution >= 4 is 5.97 Å². The zero-order valence-corrected chi connectivity index (χ0v) is 8.84. The summed E-state index contributed by atoms with van der Waals surface area (Å²) >= 11 is 0. The molecule has 1 aliphatic rings. The van der Waals surface area contributed by atoms with Crippen LogP contribution in [0.3, 0.4) is 0 Å². The third kappa shape index (κ3) is 2.71. The molecule has 0 aromatic carbocycles. The standard InChI is InChI=1S/C11H20O2/c1-8-4-5-11(3,6-9(8)2)7-10(12)13/h8-9H,4-7H2,1-3H3,(H,12,13)/t8?,9-,11+/m0/s1. The molecule has 1 fully saturated rings. The molecule has 2 nitrogen and oxygen atoms in total. The zero-order chi connectivity index (χ0) is 10.1. The van der Waals surface area contributed by atoms with Gasteiger partial charge in [-0.2, -0.15) is 0 Å². The molecule has 0 amide bonds. The molecule has 0 saturated heterocycles. The quantitative estimate of drug-likeness (QED) is 0.716. The third-order valence-corrected chi connectivity index (χ3v) is 3.57. The molecule has 3 atom stereocenters.